The van der Waals surface area contributed by atoms with Crippen molar-refractivity contribution in [1.29, 1.82) is 0 Å². The van der Waals surface area contributed by atoms with Crippen molar-refractivity contribution in [1.82, 2.24) is 14.7 Å². The maximum Gasteiger partial charge on any atom is 0.244 e. The molecule has 2 heterocycles. The van der Waals surface area contributed by atoms with Crippen LogP contribution in [0.3, 0.4) is 0 Å². The monoisotopic (exact) mass is 313 g/mol. The zero-order chi connectivity index (χ0) is 16.2. The molecule has 0 aliphatic carbocycles. The van der Waals surface area contributed by atoms with Gasteiger partial charge in [0.15, 0.2) is 0 Å². The van der Waals surface area contributed by atoms with E-state index in [-0.39, 0.29) is 24.1 Å². The number of carbonyl (C=O) groups excluding carboxylic acids is 1. The highest BCUT2D eigenvalue weighted by Crippen LogP contribution is 2.07. The number of aromatic nitrogens is 2. The summed E-state index contributed by atoms with van der Waals surface area (Å²) in [5.74, 6) is -0.972. The largest absolute Gasteiger partial charge is 0.347 e. The fraction of sp³-hybridized carbons (Fsp3) is 0.0588. The van der Waals surface area contributed by atoms with E-state index in [4.69, 9.17) is 0 Å². The highest BCUT2D eigenvalue weighted by atomic mass is 19.1. The lowest BCUT2D eigenvalue weighted by Gasteiger charge is -1.98. The Balaban J connectivity index is 1.60. The second kappa shape index (κ2) is 6.39. The van der Waals surface area contributed by atoms with Crippen LogP contribution in [0.15, 0.2) is 54.9 Å². The summed E-state index contributed by atoms with van der Waals surface area (Å²) >= 11 is 0. The van der Waals surface area contributed by atoms with Crippen LogP contribution in [0.1, 0.15) is 11.3 Å². The zero-order valence-corrected chi connectivity index (χ0v) is 12.0. The van der Waals surface area contributed by atoms with Crippen molar-refractivity contribution in [2.24, 2.45) is 0 Å². The quantitative estimate of drug-likeness (QED) is 0.753. The van der Waals surface area contributed by atoms with E-state index in [0.29, 0.717) is 11.3 Å². The van der Waals surface area contributed by atoms with Gasteiger partial charge in [0, 0.05) is 18.5 Å². The van der Waals surface area contributed by atoms with Gasteiger partial charge in [0.2, 0.25) is 5.91 Å². The molecule has 0 unspecified atom stereocenters. The van der Waals surface area contributed by atoms with E-state index in [1.807, 2.05) is 0 Å². The number of rotatable bonds is 4. The summed E-state index contributed by atoms with van der Waals surface area (Å²) in [4.78, 5) is 16.0. The number of nitrogens with zero attached hydrogens (tertiary/aromatic N) is 2. The van der Waals surface area contributed by atoms with Crippen molar-refractivity contribution in [2.45, 2.75) is 6.54 Å². The number of hydrogen-bond acceptors (Lipinski definition) is 2. The third-order valence-corrected chi connectivity index (χ3v) is 3.21. The Morgan fingerprint density at radius 1 is 1.09 bits per heavy atom. The zero-order valence-electron chi connectivity index (χ0n) is 12.0. The third-order valence-electron chi connectivity index (χ3n) is 3.21. The average molecular weight is 313 g/mol. The molecule has 4 nitrogen and oxygen atoms in total. The lowest BCUT2D eigenvalue weighted by molar-refractivity contribution is -0.116. The Morgan fingerprint density at radius 2 is 1.83 bits per heavy atom. The smallest absolute Gasteiger partial charge is 0.244 e. The molecule has 0 aliphatic rings. The topological polar surface area (TPSA) is 46.4 Å². The van der Waals surface area contributed by atoms with Crippen molar-refractivity contribution in [3.8, 4) is 0 Å². The first-order valence-corrected chi connectivity index (χ1v) is 6.95. The summed E-state index contributed by atoms with van der Waals surface area (Å²) in [6.45, 7) is 0.232. The van der Waals surface area contributed by atoms with Gasteiger partial charge in [0.1, 0.15) is 17.3 Å². The van der Waals surface area contributed by atoms with E-state index in [2.05, 4.69) is 10.3 Å². The highest BCUT2D eigenvalue weighted by Gasteiger charge is 2.03. The van der Waals surface area contributed by atoms with Crippen LogP contribution >= 0.6 is 0 Å². The van der Waals surface area contributed by atoms with E-state index in [1.54, 1.807) is 34.9 Å². The molecule has 3 aromatic rings. The van der Waals surface area contributed by atoms with E-state index < -0.39 is 0 Å². The molecular weight excluding hydrogens is 300 g/mol. The van der Waals surface area contributed by atoms with Crippen LogP contribution < -0.4 is 5.32 Å². The molecule has 23 heavy (non-hydrogen) atoms. The summed E-state index contributed by atoms with van der Waals surface area (Å²) in [6.07, 6.45) is 5.93. The van der Waals surface area contributed by atoms with Crippen molar-refractivity contribution in [3.05, 3.63) is 77.8 Å². The molecule has 0 radical (unpaired) electrons. The molecule has 0 atom stereocenters. The average Bonchev–Trinajstić information content (AvgIpc) is 2.94. The standard InChI is InChI=1S/C17H13F2N3O/c18-13-4-1-12(2-5-13)3-8-17(23)20-9-15-11-22-10-14(19)6-7-16(22)21-15/h1-8,10-11H,9H2,(H,20,23)/b8-3+. The fourth-order valence-corrected chi connectivity index (χ4v) is 2.08. The Labute approximate surface area is 131 Å². The second-order valence-electron chi connectivity index (χ2n) is 4.95. The van der Waals surface area contributed by atoms with Gasteiger partial charge in [-0.05, 0) is 35.9 Å². The predicted octanol–water partition coefficient (Wildman–Crippen LogP) is 2.94. The summed E-state index contributed by atoms with van der Waals surface area (Å²) in [6, 6.07) is 8.71. The minimum Gasteiger partial charge on any atom is -0.347 e. The van der Waals surface area contributed by atoms with Crippen molar-refractivity contribution >= 4 is 17.6 Å². The molecule has 0 fully saturated rings. The minimum absolute atomic E-state index is 0.232. The maximum absolute atomic E-state index is 13.1. The summed E-state index contributed by atoms with van der Waals surface area (Å²) in [7, 11) is 0. The van der Waals surface area contributed by atoms with E-state index >= 15 is 0 Å². The predicted molar refractivity (Wildman–Crippen MR) is 82.4 cm³/mol. The summed E-state index contributed by atoms with van der Waals surface area (Å²) in [5.41, 5.74) is 1.96. The number of fused-ring (bicyclic) bond motifs is 1. The first-order valence-electron chi connectivity index (χ1n) is 6.95. The van der Waals surface area contributed by atoms with Gasteiger partial charge in [-0.2, -0.15) is 0 Å². The van der Waals surface area contributed by atoms with Crippen LogP contribution in [0.5, 0.6) is 0 Å². The molecule has 0 bridgehead atoms. The van der Waals surface area contributed by atoms with Gasteiger partial charge in [-0.15, -0.1) is 0 Å². The summed E-state index contributed by atoms with van der Waals surface area (Å²) in [5, 5.41) is 2.69. The second-order valence-corrected chi connectivity index (χ2v) is 4.95. The van der Waals surface area contributed by atoms with Gasteiger partial charge in [0.05, 0.1) is 12.2 Å². The van der Waals surface area contributed by atoms with Crippen LogP contribution in [0.25, 0.3) is 11.7 Å². The Hall–Kier alpha value is -3.02. The molecule has 1 N–H and O–H groups in total. The number of hydrogen-bond donors (Lipinski definition) is 1. The molecule has 0 spiro atoms. The molecular formula is C17H13F2N3O. The van der Waals surface area contributed by atoms with Crippen LogP contribution in [-0.4, -0.2) is 15.3 Å². The number of amides is 1. The van der Waals surface area contributed by atoms with Gasteiger partial charge in [-0.25, -0.2) is 13.8 Å². The lowest BCUT2D eigenvalue weighted by atomic mass is 10.2. The van der Waals surface area contributed by atoms with Gasteiger partial charge in [-0.3, -0.25) is 4.79 Å². The van der Waals surface area contributed by atoms with Crippen molar-refractivity contribution in [3.63, 3.8) is 0 Å². The minimum atomic E-state index is -0.354. The number of imidazole rings is 1. The molecule has 1 amide bonds. The SMILES string of the molecule is O=C(/C=C/c1ccc(F)cc1)NCc1cn2cc(F)ccc2n1. The highest BCUT2D eigenvalue weighted by molar-refractivity contribution is 5.91. The molecule has 2 aromatic heterocycles. The van der Waals surface area contributed by atoms with Crippen LogP contribution in [-0.2, 0) is 11.3 Å². The molecule has 6 heteroatoms. The number of pyridine rings is 1. The van der Waals surface area contributed by atoms with E-state index in [0.717, 1.165) is 5.56 Å². The third kappa shape index (κ3) is 3.79. The number of benzene rings is 1. The molecule has 0 saturated carbocycles. The van der Waals surface area contributed by atoms with Gasteiger partial charge >= 0.3 is 0 Å². The van der Waals surface area contributed by atoms with Crippen molar-refractivity contribution in [2.75, 3.05) is 0 Å². The molecule has 3 rings (SSSR count). The molecule has 116 valence electrons. The molecule has 0 aliphatic heterocycles. The first-order chi connectivity index (χ1) is 11.1. The van der Waals surface area contributed by atoms with Crippen LogP contribution in [0.4, 0.5) is 8.78 Å². The van der Waals surface area contributed by atoms with E-state index in [1.165, 1.54) is 30.5 Å². The number of carbonyl (C=O) groups is 1. The normalized spacial score (nSPS) is 11.2. The number of nitrogens with one attached hydrogen (secondary N) is 1. The molecule has 0 saturated heterocycles. The van der Waals surface area contributed by atoms with E-state index in [9.17, 15) is 13.6 Å². The maximum atomic E-state index is 13.1. The Kier molecular flexibility index (Phi) is 4.14. The van der Waals surface area contributed by atoms with Gasteiger partial charge in [0.25, 0.3) is 0 Å². The fourth-order valence-electron chi connectivity index (χ4n) is 2.08. The molecule has 1 aromatic carbocycles. The van der Waals surface area contributed by atoms with Crippen molar-refractivity contribution < 1.29 is 13.6 Å². The van der Waals surface area contributed by atoms with Gasteiger partial charge < -0.3 is 9.72 Å². The first kappa shape index (κ1) is 14.9. The van der Waals surface area contributed by atoms with Crippen LogP contribution in [0.2, 0.25) is 0 Å². The summed E-state index contributed by atoms with van der Waals surface area (Å²) < 4.78 is 27.4. The number of halogens is 2. The van der Waals surface area contributed by atoms with Crippen LogP contribution in [0, 0.1) is 11.6 Å². The Bertz CT molecular complexity index is 869. The Morgan fingerprint density at radius 3 is 2.61 bits per heavy atom. The lowest BCUT2D eigenvalue weighted by Crippen LogP contribution is -2.20. The van der Waals surface area contributed by atoms with Gasteiger partial charge in [-0.1, -0.05) is 12.1 Å².